The number of carbonyl (C=O) groups excluding carboxylic acids is 1. The zero-order valence-corrected chi connectivity index (χ0v) is 11.3. The first-order valence-corrected chi connectivity index (χ1v) is 6.63. The van der Waals surface area contributed by atoms with Crippen molar-refractivity contribution in [3.8, 4) is 0 Å². The van der Waals surface area contributed by atoms with E-state index in [0.717, 1.165) is 39.0 Å². The Morgan fingerprint density at radius 2 is 1.94 bits per heavy atom. The van der Waals surface area contributed by atoms with Gasteiger partial charge in [-0.25, -0.2) is 0 Å². The second-order valence-corrected chi connectivity index (χ2v) is 4.60. The number of rotatable bonds is 5. The number of amidine groups is 1. The Kier molecular flexibility index (Phi) is 5.91. The van der Waals surface area contributed by atoms with Gasteiger partial charge in [0.15, 0.2) is 5.84 Å². The standard InChI is InChI=1S/C12H24N4O2/c1-3-5-10(12(13)14-18)15-6-8-16(9-7-15)11(17)4-2/h10,18H,3-9H2,1-2H3,(H2,13,14). The summed E-state index contributed by atoms with van der Waals surface area (Å²) in [5, 5.41) is 11.9. The summed E-state index contributed by atoms with van der Waals surface area (Å²) in [6.45, 7) is 6.98. The van der Waals surface area contributed by atoms with Gasteiger partial charge in [-0.05, 0) is 6.42 Å². The van der Waals surface area contributed by atoms with E-state index >= 15 is 0 Å². The number of carbonyl (C=O) groups is 1. The van der Waals surface area contributed by atoms with Gasteiger partial charge in [0.1, 0.15) is 0 Å². The molecule has 0 aliphatic carbocycles. The Hall–Kier alpha value is -1.30. The minimum Gasteiger partial charge on any atom is -0.409 e. The van der Waals surface area contributed by atoms with E-state index in [4.69, 9.17) is 10.9 Å². The lowest BCUT2D eigenvalue weighted by Crippen LogP contribution is -2.55. The fourth-order valence-corrected chi connectivity index (χ4v) is 2.36. The van der Waals surface area contributed by atoms with Crippen LogP contribution in [-0.2, 0) is 4.79 Å². The van der Waals surface area contributed by atoms with E-state index in [9.17, 15) is 4.79 Å². The number of nitrogens with two attached hydrogens (primary N) is 1. The lowest BCUT2D eigenvalue weighted by atomic mass is 10.1. The van der Waals surface area contributed by atoms with Crippen molar-refractivity contribution in [2.24, 2.45) is 10.9 Å². The summed E-state index contributed by atoms with van der Waals surface area (Å²) in [5.41, 5.74) is 5.73. The van der Waals surface area contributed by atoms with Crippen molar-refractivity contribution in [2.45, 2.75) is 39.2 Å². The SMILES string of the molecule is CCCC(C(N)=NO)N1CCN(C(=O)CC)CC1. The molecule has 104 valence electrons. The Morgan fingerprint density at radius 1 is 1.33 bits per heavy atom. The molecule has 1 atom stereocenters. The summed E-state index contributed by atoms with van der Waals surface area (Å²) in [6.07, 6.45) is 2.41. The van der Waals surface area contributed by atoms with Crippen LogP contribution in [0, 0.1) is 0 Å². The van der Waals surface area contributed by atoms with Crippen molar-refractivity contribution in [1.82, 2.24) is 9.80 Å². The molecule has 6 nitrogen and oxygen atoms in total. The molecule has 1 unspecified atom stereocenters. The van der Waals surface area contributed by atoms with Crippen LogP contribution < -0.4 is 5.73 Å². The predicted octanol–water partition coefficient (Wildman–Crippen LogP) is 0.456. The number of hydrogen-bond acceptors (Lipinski definition) is 4. The summed E-state index contributed by atoms with van der Waals surface area (Å²) < 4.78 is 0. The summed E-state index contributed by atoms with van der Waals surface area (Å²) in [6, 6.07) is -0.0149. The van der Waals surface area contributed by atoms with Crippen LogP contribution in [0.25, 0.3) is 0 Å². The largest absolute Gasteiger partial charge is 0.409 e. The highest BCUT2D eigenvalue weighted by atomic mass is 16.4. The summed E-state index contributed by atoms with van der Waals surface area (Å²) in [7, 11) is 0. The quantitative estimate of drug-likeness (QED) is 0.324. The van der Waals surface area contributed by atoms with Crippen LogP contribution in [0.2, 0.25) is 0 Å². The van der Waals surface area contributed by atoms with Crippen molar-refractivity contribution in [2.75, 3.05) is 26.2 Å². The van der Waals surface area contributed by atoms with Gasteiger partial charge in [0.05, 0.1) is 6.04 Å². The lowest BCUT2D eigenvalue weighted by molar-refractivity contribution is -0.132. The third-order valence-corrected chi connectivity index (χ3v) is 3.43. The van der Waals surface area contributed by atoms with E-state index in [0.29, 0.717) is 6.42 Å². The van der Waals surface area contributed by atoms with Gasteiger partial charge in [-0.2, -0.15) is 0 Å². The molecule has 6 heteroatoms. The van der Waals surface area contributed by atoms with Crippen LogP contribution in [0.1, 0.15) is 33.1 Å². The molecule has 0 saturated carbocycles. The molecular formula is C12H24N4O2. The van der Waals surface area contributed by atoms with Gasteiger partial charge in [-0.1, -0.05) is 25.4 Å². The van der Waals surface area contributed by atoms with Gasteiger partial charge < -0.3 is 15.8 Å². The first kappa shape index (κ1) is 14.8. The van der Waals surface area contributed by atoms with Crippen LogP contribution in [-0.4, -0.2) is 59.0 Å². The fraction of sp³-hybridized carbons (Fsp3) is 0.833. The van der Waals surface area contributed by atoms with Crippen LogP contribution >= 0.6 is 0 Å². The smallest absolute Gasteiger partial charge is 0.222 e. The van der Waals surface area contributed by atoms with Gasteiger partial charge in [-0.15, -0.1) is 0 Å². The first-order chi connectivity index (χ1) is 8.63. The second-order valence-electron chi connectivity index (χ2n) is 4.60. The summed E-state index contributed by atoms with van der Waals surface area (Å²) in [5.74, 6) is 0.470. The average molecular weight is 256 g/mol. The molecule has 3 N–H and O–H groups in total. The molecule has 1 fully saturated rings. The number of nitrogens with zero attached hydrogens (tertiary/aromatic N) is 3. The van der Waals surface area contributed by atoms with Gasteiger partial charge in [0.2, 0.25) is 5.91 Å². The molecule has 1 amide bonds. The van der Waals surface area contributed by atoms with Crippen molar-refractivity contribution in [1.29, 1.82) is 0 Å². The van der Waals surface area contributed by atoms with Crippen LogP contribution in [0.15, 0.2) is 5.16 Å². The molecule has 0 radical (unpaired) electrons. The molecule has 1 heterocycles. The van der Waals surface area contributed by atoms with Gasteiger partial charge in [-0.3, -0.25) is 9.69 Å². The summed E-state index contributed by atoms with van der Waals surface area (Å²) in [4.78, 5) is 15.7. The molecule has 0 spiro atoms. The zero-order valence-electron chi connectivity index (χ0n) is 11.3. The minimum atomic E-state index is -0.0149. The van der Waals surface area contributed by atoms with E-state index in [1.165, 1.54) is 0 Å². The molecule has 0 aromatic heterocycles. The zero-order chi connectivity index (χ0) is 13.5. The average Bonchev–Trinajstić information content (AvgIpc) is 2.43. The monoisotopic (exact) mass is 256 g/mol. The van der Waals surface area contributed by atoms with Crippen molar-refractivity contribution in [3.05, 3.63) is 0 Å². The van der Waals surface area contributed by atoms with Gasteiger partial charge in [0, 0.05) is 32.6 Å². The maximum Gasteiger partial charge on any atom is 0.222 e. The highest BCUT2D eigenvalue weighted by molar-refractivity contribution is 5.85. The molecule has 0 bridgehead atoms. The number of oxime groups is 1. The van der Waals surface area contributed by atoms with Crippen LogP contribution in [0.3, 0.4) is 0 Å². The van der Waals surface area contributed by atoms with E-state index in [2.05, 4.69) is 17.0 Å². The van der Waals surface area contributed by atoms with E-state index < -0.39 is 0 Å². The van der Waals surface area contributed by atoms with Crippen molar-refractivity contribution < 1.29 is 10.0 Å². The van der Waals surface area contributed by atoms with Crippen LogP contribution in [0.5, 0.6) is 0 Å². The fourth-order valence-electron chi connectivity index (χ4n) is 2.36. The Bertz CT molecular complexity index is 298. The van der Waals surface area contributed by atoms with Crippen molar-refractivity contribution in [3.63, 3.8) is 0 Å². The van der Waals surface area contributed by atoms with Crippen molar-refractivity contribution >= 4 is 11.7 Å². The molecule has 18 heavy (non-hydrogen) atoms. The Morgan fingerprint density at radius 3 is 2.39 bits per heavy atom. The number of piperazine rings is 1. The molecule has 1 rings (SSSR count). The number of hydrogen-bond donors (Lipinski definition) is 2. The third-order valence-electron chi connectivity index (χ3n) is 3.43. The van der Waals surface area contributed by atoms with Gasteiger partial charge >= 0.3 is 0 Å². The van der Waals surface area contributed by atoms with Crippen LogP contribution in [0.4, 0.5) is 0 Å². The highest BCUT2D eigenvalue weighted by Gasteiger charge is 2.27. The summed E-state index contributed by atoms with van der Waals surface area (Å²) >= 11 is 0. The normalized spacial score (nSPS) is 19.9. The molecule has 0 aromatic carbocycles. The highest BCUT2D eigenvalue weighted by Crippen LogP contribution is 2.12. The third kappa shape index (κ3) is 3.60. The van der Waals surface area contributed by atoms with E-state index in [-0.39, 0.29) is 17.8 Å². The van der Waals surface area contributed by atoms with E-state index in [1.807, 2.05) is 11.8 Å². The molecular weight excluding hydrogens is 232 g/mol. The van der Waals surface area contributed by atoms with E-state index in [1.54, 1.807) is 0 Å². The molecule has 1 aliphatic rings. The topological polar surface area (TPSA) is 82.2 Å². The second kappa shape index (κ2) is 7.20. The minimum absolute atomic E-state index is 0.0149. The molecule has 0 aromatic rings. The predicted molar refractivity (Wildman–Crippen MR) is 70.5 cm³/mol. The maximum absolute atomic E-state index is 11.6. The Balaban J connectivity index is 2.56. The maximum atomic E-state index is 11.6. The van der Waals surface area contributed by atoms with Gasteiger partial charge in [0.25, 0.3) is 0 Å². The molecule has 1 saturated heterocycles. The Labute approximate surface area is 108 Å². The number of amides is 1. The first-order valence-electron chi connectivity index (χ1n) is 6.63. The lowest BCUT2D eigenvalue weighted by Gasteiger charge is -2.38. The molecule has 1 aliphatic heterocycles.